The van der Waals surface area contributed by atoms with Crippen molar-refractivity contribution in [2.75, 3.05) is 38.3 Å². The highest BCUT2D eigenvalue weighted by atomic mass is 16.5. The van der Waals surface area contributed by atoms with Gasteiger partial charge in [0, 0.05) is 42.7 Å². The second-order valence-corrected chi connectivity index (χ2v) is 7.59. The number of aromatic nitrogens is 8. The number of methoxy groups -OCH3 is 1. The van der Waals surface area contributed by atoms with Gasteiger partial charge in [-0.25, -0.2) is 4.68 Å². The number of benzene rings is 1. The number of aromatic amines is 1. The van der Waals surface area contributed by atoms with Crippen LogP contribution in [0.25, 0.3) is 34.1 Å². The Morgan fingerprint density at radius 2 is 1.91 bits per heavy atom. The number of morpholine rings is 1. The van der Waals surface area contributed by atoms with Crippen LogP contribution in [0.1, 0.15) is 0 Å². The molecule has 1 N–H and O–H groups in total. The Kier molecular flexibility index (Phi) is 4.73. The maximum absolute atomic E-state index is 5.53. The van der Waals surface area contributed by atoms with Crippen LogP contribution < -0.4 is 9.64 Å². The second-order valence-electron chi connectivity index (χ2n) is 7.59. The number of hydrogen-bond acceptors (Lipinski definition) is 8. The van der Waals surface area contributed by atoms with Crippen LogP contribution in [0.2, 0.25) is 0 Å². The van der Waals surface area contributed by atoms with Crippen LogP contribution in [0.15, 0.2) is 55.0 Å². The molecule has 33 heavy (non-hydrogen) atoms. The first-order valence-corrected chi connectivity index (χ1v) is 10.6. The molecule has 5 aromatic rings. The van der Waals surface area contributed by atoms with Gasteiger partial charge in [0.05, 0.1) is 37.9 Å². The molecule has 11 nitrogen and oxygen atoms in total. The number of H-pyrrole nitrogens is 1. The number of fused-ring (bicyclic) bond motifs is 1. The van der Waals surface area contributed by atoms with E-state index in [-0.39, 0.29) is 0 Å². The maximum Gasteiger partial charge on any atom is 0.255 e. The van der Waals surface area contributed by atoms with Gasteiger partial charge < -0.3 is 14.4 Å². The summed E-state index contributed by atoms with van der Waals surface area (Å²) >= 11 is 0. The molecule has 5 heterocycles. The van der Waals surface area contributed by atoms with Crippen molar-refractivity contribution in [3.8, 4) is 34.2 Å². The molecule has 11 heteroatoms. The highest BCUT2D eigenvalue weighted by Crippen LogP contribution is 2.25. The summed E-state index contributed by atoms with van der Waals surface area (Å²) in [6.07, 6.45) is 5.40. The molecule has 0 saturated carbocycles. The van der Waals surface area contributed by atoms with E-state index in [2.05, 4.69) is 15.1 Å². The summed E-state index contributed by atoms with van der Waals surface area (Å²) in [6, 6.07) is 11.6. The lowest BCUT2D eigenvalue weighted by molar-refractivity contribution is 0.121. The van der Waals surface area contributed by atoms with E-state index in [0.29, 0.717) is 30.8 Å². The van der Waals surface area contributed by atoms with E-state index >= 15 is 0 Å². The molecule has 0 spiro atoms. The standard InChI is InChI=1S/C22H21N9O2/c1-32-17-4-2-3-15(11-17)18-5-6-30(27-18)21-25-20-12-19(16-13-23-24-14-16)28-31(20)22(26-21)29-7-9-33-10-8-29/h2-6,11-14H,7-10H2,1H3,(H,23,24). The number of anilines is 1. The quantitative estimate of drug-likeness (QED) is 0.440. The largest absolute Gasteiger partial charge is 0.497 e. The van der Waals surface area contributed by atoms with Crippen molar-refractivity contribution in [1.29, 1.82) is 0 Å². The summed E-state index contributed by atoms with van der Waals surface area (Å²) in [5.74, 6) is 1.95. The predicted molar refractivity (Wildman–Crippen MR) is 121 cm³/mol. The van der Waals surface area contributed by atoms with Crippen LogP contribution in [-0.4, -0.2) is 73.0 Å². The lowest BCUT2D eigenvalue weighted by atomic mass is 10.1. The zero-order valence-electron chi connectivity index (χ0n) is 17.9. The van der Waals surface area contributed by atoms with Crippen LogP contribution in [0.5, 0.6) is 5.75 Å². The summed E-state index contributed by atoms with van der Waals surface area (Å²) in [6.45, 7) is 2.72. The minimum absolute atomic E-state index is 0.469. The lowest BCUT2D eigenvalue weighted by Crippen LogP contribution is -2.38. The summed E-state index contributed by atoms with van der Waals surface area (Å²) in [5, 5.41) is 16.3. The van der Waals surface area contributed by atoms with E-state index in [1.54, 1.807) is 28.7 Å². The van der Waals surface area contributed by atoms with Crippen molar-refractivity contribution in [3.05, 3.63) is 55.0 Å². The number of hydrogen-bond donors (Lipinski definition) is 1. The van der Waals surface area contributed by atoms with Gasteiger partial charge in [-0.15, -0.1) is 0 Å². The molecule has 0 amide bonds. The van der Waals surface area contributed by atoms with E-state index in [1.807, 2.05) is 42.6 Å². The van der Waals surface area contributed by atoms with Crippen LogP contribution in [0.4, 0.5) is 5.95 Å². The Morgan fingerprint density at radius 3 is 2.73 bits per heavy atom. The molecule has 0 unspecified atom stereocenters. The van der Waals surface area contributed by atoms with Gasteiger partial charge in [0.1, 0.15) is 5.75 Å². The van der Waals surface area contributed by atoms with Crippen molar-refractivity contribution in [2.45, 2.75) is 0 Å². The molecular formula is C22H21N9O2. The van der Waals surface area contributed by atoms with Gasteiger partial charge in [-0.2, -0.15) is 29.8 Å². The fraction of sp³-hybridized carbons (Fsp3) is 0.227. The predicted octanol–water partition coefficient (Wildman–Crippen LogP) is 2.21. The van der Waals surface area contributed by atoms with Gasteiger partial charge in [0.25, 0.3) is 5.95 Å². The number of rotatable bonds is 5. The second kappa shape index (κ2) is 8.02. The van der Waals surface area contributed by atoms with Crippen molar-refractivity contribution in [1.82, 2.24) is 39.6 Å². The average Bonchev–Trinajstić information content (AvgIpc) is 3.64. The SMILES string of the molecule is COc1cccc(-c2ccn(-c3nc(N4CCOCC4)n4nc(-c5cn[nH]c5)cc4n3)n2)c1. The molecule has 0 atom stereocenters. The molecule has 6 rings (SSSR count). The molecule has 1 aromatic carbocycles. The molecule has 4 aromatic heterocycles. The minimum Gasteiger partial charge on any atom is -0.497 e. The third kappa shape index (κ3) is 3.57. The number of nitrogens with zero attached hydrogens (tertiary/aromatic N) is 8. The van der Waals surface area contributed by atoms with Crippen LogP contribution >= 0.6 is 0 Å². The van der Waals surface area contributed by atoms with E-state index in [9.17, 15) is 0 Å². The third-order valence-electron chi connectivity index (χ3n) is 5.54. The van der Waals surface area contributed by atoms with E-state index in [0.717, 1.165) is 41.4 Å². The zero-order chi connectivity index (χ0) is 22.2. The van der Waals surface area contributed by atoms with E-state index in [4.69, 9.17) is 29.6 Å². The van der Waals surface area contributed by atoms with Crippen molar-refractivity contribution in [2.24, 2.45) is 0 Å². The normalized spacial score (nSPS) is 14.2. The van der Waals surface area contributed by atoms with Crippen LogP contribution in [0, 0.1) is 0 Å². The molecule has 1 aliphatic rings. The molecule has 0 bridgehead atoms. The molecule has 0 aliphatic carbocycles. The Hall–Kier alpha value is -4.25. The Morgan fingerprint density at radius 1 is 1.00 bits per heavy atom. The number of nitrogens with one attached hydrogen (secondary N) is 1. The van der Waals surface area contributed by atoms with Crippen molar-refractivity contribution in [3.63, 3.8) is 0 Å². The first kappa shape index (κ1) is 19.4. The monoisotopic (exact) mass is 443 g/mol. The van der Waals surface area contributed by atoms with Gasteiger partial charge in [-0.3, -0.25) is 5.10 Å². The first-order valence-electron chi connectivity index (χ1n) is 10.6. The van der Waals surface area contributed by atoms with Gasteiger partial charge in [-0.1, -0.05) is 12.1 Å². The van der Waals surface area contributed by atoms with E-state index in [1.165, 1.54) is 0 Å². The van der Waals surface area contributed by atoms with Gasteiger partial charge >= 0.3 is 0 Å². The Balaban J connectivity index is 1.45. The van der Waals surface area contributed by atoms with E-state index < -0.39 is 0 Å². The van der Waals surface area contributed by atoms with Crippen molar-refractivity contribution < 1.29 is 9.47 Å². The highest BCUT2D eigenvalue weighted by Gasteiger charge is 2.21. The molecule has 1 saturated heterocycles. The smallest absolute Gasteiger partial charge is 0.255 e. The van der Waals surface area contributed by atoms with Crippen LogP contribution in [0.3, 0.4) is 0 Å². The molecule has 166 valence electrons. The van der Waals surface area contributed by atoms with Crippen LogP contribution in [-0.2, 0) is 4.74 Å². The fourth-order valence-corrected chi connectivity index (χ4v) is 3.84. The highest BCUT2D eigenvalue weighted by molar-refractivity contribution is 5.64. The lowest BCUT2D eigenvalue weighted by Gasteiger charge is -2.27. The summed E-state index contributed by atoms with van der Waals surface area (Å²) in [7, 11) is 1.65. The molecule has 1 fully saturated rings. The third-order valence-corrected chi connectivity index (χ3v) is 5.54. The fourth-order valence-electron chi connectivity index (χ4n) is 3.84. The minimum atomic E-state index is 0.469. The zero-order valence-corrected chi connectivity index (χ0v) is 17.9. The average molecular weight is 443 g/mol. The topological polar surface area (TPSA) is 111 Å². The van der Waals surface area contributed by atoms with Crippen molar-refractivity contribution >= 4 is 11.6 Å². The molecule has 0 radical (unpaired) electrons. The van der Waals surface area contributed by atoms with Gasteiger partial charge in [0.2, 0.25) is 5.95 Å². The molecular weight excluding hydrogens is 422 g/mol. The van der Waals surface area contributed by atoms with Gasteiger partial charge in [-0.05, 0) is 18.2 Å². The van der Waals surface area contributed by atoms with Gasteiger partial charge in [0.15, 0.2) is 5.65 Å². The summed E-state index contributed by atoms with van der Waals surface area (Å²) in [5.41, 5.74) is 4.08. The number of ether oxygens (including phenoxy) is 2. The summed E-state index contributed by atoms with van der Waals surface area (Å²) in [4.78, 5) is 11.7. The Labute approximate surface area is 188 Å². The summed E-state index contributed by atoms with van der Waals surface area (Å²) < 4.78 is 14.3. The maximum atomic E-state index is 5.53. The first-order chi connectivity index (χ1) is 16.3. The molecule has 1 aliphatic heterocycles. The Bertz CT molecular complexity index is 1400.